The quantitative estimate of drug-likeness (QED) is 0.718. The monoisotopic (exact) mass is 293 g/mol. The molecule has 2 amide bonds. The van der Waals surface area contributed by atoms with Crippen molar-refractivity contribution in [2.75, 3.05) is 32.2 Å². The first kappa shape index (κ1) is 15.4. The lowest BCUT2D eigenvalue weighted by atomic mass is 9.92. The van der Waals surface area contributed by atoms with Crippen molar-refractivity contribution in [2.24, 2.45) is 0 Å². The number of hydrogen-bond acceptors (Lipinski definition) is 6. The third-order valence-electron chi connectivity index (χ3n) is 3.19. The molecule has 0 aliphatic carbocycles. The van der Waals surface area contributed by atoms with Gasteiger partial charge in [0.15, 0.2) is 0 Å². The van der Waals surface area contributed by atoms with Crippen LogP contribution in [0.1, 0.15) is 24.3 Å². The molecule has 2 saturated heterocycles. The fourth-order valence-electron chi connectivity index (χ4n) is 2.07. The van der Waals surface area contributed by atoms with Gasteiger partial charge in [0.25, 0.3) is 0 Å². The van der Waals surface area contributed by atoms with Crippen molar-refractivity contribution in [1.82, 2.24) is 10.3 Å². The summed E-state index contributed by atoms with van der Waals surface area (Å²) in [7, 11) is 0. The molecule has 2 aliphatic heterocycles. The van der Waals surface area contributed by atoms with Crippen molar-refractivity contribution in [3.05, 3.63) is 23.9 Å². The maximum absolute atomic E-state index is 11.5. The number of piperidine rings is 1. The van der Waals surface area contributed by atoms with E-state index in [0.717, 1.165) is 32.0 Å². The van der Waals surface area contributed by atoms with E-state index in [-0.39, 0.29) is 17.7 Å². The molecule has 3 rings (SSSR count). The molecule has 1 aromatic heterocycles. The Morgan fingerprint density at radius 3 is 2.29 bits per heavy atom. The maximum atomic E-state index is 11.5. The number of carbonyl (C=O) groups excluding carboxylic acids is 2. The maximum Gasteiger partial charge on any atom is 0.234 e. The predicted octanol–water partition coefficient (Wildman–Crippen LogP) is 0.217. The molecule has 1 atom stereocenters. The number of hydrogen-bond donors (Lipinski definition) is 2. The second-order valence-corrected chi connectivity index (χ2v) is 4.74. The molecule has 2 fully saturated rings. The van der Waals surface area contributed by atoms with E-state index in [2.05, 4.69) is 10.3 Å². The lowest BCUT2D eigenvalue weighted by Crippen LogP contribution is -2.39. The zero-order valence-electron chi connectivity index (χ0n) is 11.7. The summed E-state index contributed by atoms with van der Waals surface area (Å²) < 4.78 is 9.89. The highest BCUT2D eigenvalue weighted by Gasteiger charge is 2.27. The van der Waals surface area contributed by atoms with Crippen LogP contribution < -0.4 is 11.1 Å². The van der Waals surface area contributed by atoms with E-state index in [4.69, 9.17) is 15.2 Å². The number of nitrogens with one attached hydrogen (secondary N) is 1. The SMILES string of the molecule is C1COCCO1.Nc1ccc(C2CCC(=O)NC2=O)cn1. The van der Waals surface area contributed by atoms with Crippen molar-refractivity contribution < 1.29 is 19.1 Å². The van der Waals surface area contributed by atoms with Crippen LogP contribution in [0.3, 0.4) is 0 Å². The number of imide groups is 1. The summed E-state index contributed by atoms with van der Waals surface area (Å²) in [6.45, 7) is 3.11. The summed E-state index contributed by atoms with van der Waals surface area (Å²) in [6, 6.07) is 3.42. The number of nitrogens with zero attached hydrogens (tertiary/aromatic N) is 1. The number of ether oxygens (including phenoxy) is 2. The molecule has 7 heteroatoms. The van der Waals surface area contributed by atoms with Gasteiger partial charge in [0.1, 0.15) is 5.82 Å². The summed E-state index contributed by atoms with van der Waals surface area (Å²) in [5, 5.41) is 2.31. The molecule has 0 radical (unpaired) electrons. The number of nitrogens with two attached hydrogens (primary N) is 1. The Morgan fingerprint density at radius 2 is 1.81 bits per heavy atom. The van der Waals surface area contributed by atoms with E-state index in [1.54, 1.807) is 18.3 Å². The fourth-order valence-corrected chi connectivity index (χ4v) is 2.07. The van der Waals surface area contributed by atoms with Crippen LogP contribution in [0.5, 0.6) is 0 Å². The zero-order valence-corrected chi connectivity index (χ0v) is 11.7. The molecular formula is C14H19N3O4. The van der Waals surface area contributed by atoms with Gasteiger partial charge in [-0.05, 0) is 18.1 Å². The molecular weight excluding hydrogens is 274 g/mol. The van der Waals surface area contributed by atoms with Crippen molar-refractivity contribution in [3.63, 3.8) is 0 Å². The van der Waals surface area contributed by atoms with Crippen LogP contribution in [0.15, 0.2) is 18.3 Å². The summed E-state index contributed by atoms with van der Waals surface area (Å²) >= 11 is 0. The van der Waals surface area contributed by atoms with E-state index < -0.39 is 0 Å². The van der Waals surface area contributed by atoms with E-state index in [9.17, 15) is 9.59 Å². The van der Waals surface area contributed by atoms with E-state index in [0.29, 0.717) is 18.7 Å². The summed E-state index contributed by atoms with van der Waals surface area (Å²) in [6.07, 6.45) is 2.49. The predicted molar refractivity (Wildman–Crippen MR) is 75.4 cm³/mol. The molecule has 1 aromatic rings. The van der Waals surface area contributed by atoms with Gasteiger partial charge in [-0.3, -0.25) is 14.9 Å². The highest BCUT2D eigenvalue weighted by atomic mass is 16.6. The Morgan fingerprint density at radius 1 is 1.14 bits per heavy atom. The van der Waals surface area contributed by atoms with E-state index in [1.165, 1.54) is 0 Å². The minimum Gasteiger partial charge on any atom is -0.384 e. The lowest BCUT2D eigenvalue weighted by molar-refractivity contribution is -0.134. The summed E-state index contributed by atoms with van der Waals surface area (Å²) in [5.41, 5.74) is 6.25. The zero-order chi connectivity index (χ0) is 15.1. The van der Waals surface area contributed by atoms with Crippen LogP contribution in [0.4, 0.5) is 5.82 Å². The Hall–Kier alpha value is -1.99. The van der Waals surface area contributed by atoms with Gasteiger partial charge in [-0.25, -0.2) is 4.98 Å². The minimum atomic E-state index is -0.282. The third kappa shape index (κ3) is 4.80. The van der Waals surface area contributed by atoms with Gasteiger partial charge in [0.05, 0.1) is 32.3 Å². The van der Waals surface area contributed by atoms with Crippen molar-refractivity contribution in [3.8, 4) is 0 Å². The first-order valence-corrected chi connectivity index (χ1v) is 6.87. The normalized spacial score (nSPS) is 22.0. The van der Waals surface area contributed by atoms with Gasteiger partial charge in [0.2, 0.25) is 11.8 Å². The third-order valence-corrected chi connectivity index (χ3v) is 3.19. The van der Waals surface area contributed by atoms with Gasteiger partial charge < -0.3 is 15.2 Å². The topological polar surface area (TPSA) is 104 Å². The molecule has 3 N–H and O–H groups in total. The molecule has 1 unspecified atom stereocenters. The Labute approximate surface area is 122 Å². The molecule has 0 spiro atoms. The molecule has 114 valence electrons. The molecule has 7 nitrogen and oxygen atoms in total. The number of nitrogen functional groups attached to an aromatic ring is 1. The average molecular weight is 293 g/mol. The number of anilines is 1. The van der Waals surface area contributed by atoms with Crippen molar-refractivity contribution in [1.29, 1.82) is 0 Å². The molecule has 21 heavy (non-hydrogen) atoms. The second kappa shape index (κ2) is 7.70. The van der Waals surface area contributed by atoms with E-state index >= 15 is 0 Å². The lowest BCUT2D eigenvalue weighted by Gasteiger charge is -2.20. The Balaban J connectivity index is 0.000000225. The number of pyridine rings is 1. The summed E-state index contributed by atoms with van der Waals surface area (Å²) in [5.74, 6) is -0.320. The first-order chi connectivity index (χ1) is 10.2. The number of amides is 2. The summed E-state index contributed by atoms with van der Waals surface area (Å²) in [4.78, 5) is 26.4. The van der Waals surface area contributed by atoms with Gasteiger partial charge in [-0.15, -0.1) is 0 Å². The van der Waals surface area contributed by atoms with Gasteiger partial charge in [0, 0.05) is 12.6 Å². The second-order valence-electron chi connectivity index (χ2n) is 4.74. The molecule has 0 saturated carbocycles. The van der Waals surface area contributed by atoms with Crippen LogP contribution in [-0.4, -0.2) is 43.2 Å². The van der Waals surface area contributed by atoms with Crippen LogP contribution >= 0.6 is 0 Å². The Bertz CT molecular complexity index is 474. The smallest absolute Gasteiger partial charge is 0.234 e. The van der Waals surface area contributed by atoms with Crippen molar-refractivity contribution in [2.45, 2.75) is 18.8 Å². The van der Waals surface area contributed by atoms with Gasteiger partial charge >= 0.3 is 0 Å². The number of rotatable bonds is 1. The average Bonchev–Trinajstić information content (AvgIpc) is 2.51. The molecule has 3 heterocycles. The van der Waals surface area contributed by atoms with Gasteiger partial charge in [-0.2, -0.15) is 0 Å². The van der Waals surface area contributed by atoms with Crippen molar-refractivity contribution >= 4 is 17.6 Å². The highest BCUT2D eigenvalue weighted by Crippen LogP contribution is 2.24. The van der Waals surface area contributed by atoms with Crippen LogP contribution in [0.2, 0.25) is 0 Å². The van der Waals surface area contributed by atoms with Gasteiger partial charge in [-0.1, -0.05) is 6.07 Å². The first-order valence-electron chi connectivity index (χ1n) is 6.87. The Kier molecular flexibility index (Phi) is 5.65. The van der Waals surface area contributed by atoms with E-state index in [1.807, 2.05) is 0 Å². The molecule has 0 aromatic carbocycles. The highest BCUT2D eigenvalue weighted by molar-refractivity contribution is 6.00. The fraction of sp³-hybridized carbons (Fsp3) is 0.500. The number of aromatic nitrogens is 1. The molecule has 2 aliphatic rings. The number of carbonyl (C=O) groups is 2. The molecule has 0 bridgehead atoms. The standard InChI is InChI=1S/C10H11N3O2.C4H8O2/c11-8-3-1-6(5-12-8)7-2-4-9(14)13-10(7)15;1-2-6-4-3-5-1/h1,3,5,7H,2,4H2,(H2,11,12)(H,13,14,15);1-4H2. The van der Waals surface area contributed by atoms with Crippen LogP contribution in [0, 0.1) is 0 Å². The van der Waals surface area contributed by atoms with Crippen LogP contribution in [0.25, 0.3) is 0 Å². The van der Waals surface area contributed by atoms with Crippen LogP contribution in [-0.2, 0) is 19.1 Å². The largest absolute Gasteiger partial charge is 0.384 e. The minimum absolute atomic E-state index is 0.209.